The molecule has 2 fully saturated rings. The molecule has 3 rings (SSSR count). The van der Waals surface area contributed by atoms with E-state index in [-0.39, 0.29) is 5.78 Å². The number of Topliss-reactive ketones (excluding diaryl/α,β-unsaturated/α-hetero) is 1. The van der Waals surface area contributed by atoms with Gasteiger partial charge in [-0.25, -0.2) is 0 Å². The molecular weight excluding hydrogens is 252 g/mol. The van der Waals surface area contributed by atoms with Crippen molar-refractivity contribution in [2.75, 3.05) is 11.5 Å². The Morgan fingerprint density at radius 3 is 2.76 bits per heavy atom. The Bertz CT molecular complexity index is 489. The number of ketones is 1. The van der Waals surface area contributed by atoms with Crippen LogP contribution in [0.15, 0.2) is 38.2 Å². The van der Waals surface area contributed by atoms with Crippen molar-refractivity contribution in [3.8, 4) is 0 Å². The lowest BCUT2D eigenvalue weighted by atomic mass is 10.1. The van der Waals surface area contributed by atoms with Crippen LogP contribution < -0.4 is 0 Å². The largest absolute Gasteiger partial charge is 0.465 e. The molecule has 0 unspecified atom stereocenters. The normalized spacial score (nSPS) is 23.1. The van der Waals surface area contributed by atoms with Gasteiger partial charge in [0.1, 0.15) is 5.76 Å². The fourth-order valence-corrected chi connectivity index (χ4v) is 4.65. The topological polar surface area (TPSA) is 30.2 Å². The zero-order chi connectivity index (χ0) is 11.7. The van der Waals surface area contributed by atoms with Gasteiger partial charge in [-0.05, 0) is 31.1 Å². The van der Waals surface area contributed by atoms with Crippen LogP contribution in [0.25, 0.3) is 6.08 Å². The van der Waals surface area contributed by atoms with E-state index < -0.39 is 0 Å². The Labute approximate surface area is 109 Å². The molecule has 0 aromatic carbocycles. The standard InChI is InChI=1S/C13H12O2S2/c14-12-9(8-10-2-1-5-15-10)3-4-11(12)13-16-6-7-17-13/h1-2,5,8H,3-4,6-7H2. The maximum Gasteiger partial charge on any atom is 0.186 e. The predicted molar refractivity (Wildman–Crippen MR) is 72.9 cm³/mol. The van der Waals surface area contributed by atoms with Crippen molar-refractivity contribution in [2.45, 2.75) is 12.8 Å². The summed E-state index contributed by atoms with van der Waals surface area (Å²) in [5, 5.41) is 0. The van der Waals surface area contributed by atoms with Gasteiger partial charge in [0.2, 0.25) is 0 Å². The molecule has 2 aliphatic rings. The fourth-order valence-electron chi connectivity index (χ4n) is 2.04. The molecule has 0 amide bonds. The Morgan fingerprint density at radius 2 is 2.06 bits per heavy atom. The number of carbonyl (C=O) groups is 1. The maximum absolute atomic E-state index is 12.2. The van der Waals surface area contributed by atoms with Gasteiger partial charge in [-0.2, -0.15) is 0 Å². The molecule has 2 heterocycles. The lowest BCUT2D eigenvalue weighted by molar-refractivity contribution is -0.111. The van der Waals surface area contributed by atoms with E-state index in [2.05, 4.69) is 0 Å². The van der Waals surface area contributed by atoms with Crippen molar-refractivity contribution in [1.82, 2.24) is 0 Å². The molecule has 0 atom stereocenters. The summed E-state index contributed by atoms with van der Waals surface area (Å²) in [5.74, 6) is 3.26. The molecule has 1 aliphatic carbocycles. The van der Waals surface area contributed by atoms with Gasteiger partial charge in [-0.1, -0.05) is 0 Å². The minimum atomic E-state index is 0.221. The number of allylic oxidation sites excluding steroid dienone is 2. The van der Waals surface area contributed by atoms with Crippen LogP contribution in [0.4, 0.5) is 0 Å². The third-order valence-electron chi connectivity index (χ3n) is 2.87. The summed E-state index contributed by atoms with van der Waals surface area (Å²) in [6.07, 6.45) is 5.24. The van der Waals surface area contributed by atoms with Crippen LogP contribution >= 0.6 is 23.5 Å². The first kappa shape index (κ1) is 11.2. The van der Waals surface area contributed by atoms with Crippen LogP contribution in [-0.2, 0) is 4.79 Å². The first-order valence-corrected chi connectivity index (χ1v) is 7.59. The molecule has 0 N–H and O–H groups in total. The number of hydrogen-bond donors (Lipinski definition) is 0. The van der Waals surface area contributed by atoms with Gasteiger partial charge in [-0.3, -0.25) is 4.79 Å². The van der Waals surface area contributed by atoms with Gasteiger partial charge in [0.15, 0.2) is 5.78 Å². The molecular formula is C13H12O2S2. The first-order chi connectivity index (χ1) is 8.34. The summed E-state index contributed by atoms with van der Waals surface area (Å²) in [6.45, 7) is 0. The number of hydrogen-bond acceptors (Lipinski definition) is 4. The second-order valence-electron chi connectivity index (χ2n) is 3.98. The van der Waals surface area contributed by atoms with Crippen LogP contribution in [0.1, 0.15) is 18.6 Å². The van der Waals surface area contributed by atoms with E-state index in [9.17, 15) is 4.79 Å². The highest BCUT2D eigenvalue weighted by atomic mass is 32.2. The van der Waals surface area contributed by atoms with Gasteiger partial charge < -0.3 is 4.42 Å². The number of furan rings is 1. The van der Waals surface area contributed by atoms with Crippen LogP contribution in [0.5, 0.6) is 0 Å². The second-order valence-corrected chi connectivity index (χ2v) is 6.45. The van der Waals surface area contributed by atoms with Gasteiger partial charge in [0, 0.05) is 26.9 Å². The van der Waals surface area contributed by atoms with Crippen LogP contribution in [0.2, 0.25) is 0 Å². The molecule has 0 spiro atoms. The molecule has 17 heavy (non-hydrogen) atoms. The summed E-state index contributed by atoms with van der Waals surface area (Å²) in [7, 11) is 0. The van der Waals surface area contributed by atoms with Gasteiger partial charge in [-0.15, -0.1) is 23.5 Å². The van der Waals surface area contributed by atoms with E-state index in [0.29, 0.717) is 0 Å². The van der Waals surface area contributed by atoms with Crippen molar-refractivity contribution in [3.63, 3.8) is 0 Å². The maximum atomic E-state index is 12.2. The quantitative estimate of drug-likeness (QED) is 0.723. The number of rotatable bonds is 1. The molecule has 88 valence electrons. The van der Waals surface area contributed by atoms with E-state index >= 15 is 0 Å². The Morgan fingerprint density at radius 1 is 1.24 bits per heavy atom. The molecule has 2 nitrogen and oxygen atoms in total. The first-order valence-electron chi connectivity index (χ1n) is 5.62. The highest BCUT2D eigenvalue weighted by molar-refractivity contribution is 8.25. The fraction of sp³-hybridized carbons (Fsp3) is 0.308. The summed E-state index contributed by atoms with van der Waals surface area (Å²) < 4.78 is 6.50. The monoisotopic (exact) mass is 264 g/mol. The summed E-state index contributed by atoms with van der Waals surface area (Å²) in [5.41, 5.74) is 1.91. The zero-order valence-corrected chi connectivity index (χ0v) is 10.9. The van der Waals surface area contributed by atoms with E-state index in [1.165, 1.54) is 4.24 Å². The van der Waals surface area contributed by atoms with E-state index in [1.807, 2.05) is 41.7 Å². The van der Waals surface area contributed by atoms with Crippen molar-refractivity contribution < 1.29 is 9.21 Å². The smallest absolute Gasteiger partial charge is 0.186 e. The summed E-state index contributed by atoms with van der Waals surface area (Å²) in [4.78, 5) is 12.2. The SMILES string of the molecule is O=C1C(=Cc2ccco2)CCC1=C1SCCS1. The zero-order valence-electron chi connectivity index (χ0n) is 9.27. The predicted octanol–water partition coefficient (Wildman–Crippen LogP) is 3.72. The Hall–Kier alpha value is -0.870. The van der Waals surface area contributed by atoms with E-state index in [4.69, 9.17) is 4.42 Å². The van der Waals surface area contributed by atoms with Crippen LogP contribution in [0, 0.1) is 0 Å². The summed E-state index contributed by atoms with van der Waals surface area (Å²) >= 11 is 3.65. The van der Waals surface area contributed by atoms with E-state index in [1.54, 1.807) is 6.26 Å². The van der Waals surface area contributed by atoms with E-state index in [0.717, 1.165) is 41.3 Å². The average molecular weight is 264 g/mol. The Balaban J connectivity index is 1.87. The molecule has 0 bridgehead atoms. The van der Waals surface area contributed by atoms with Gasteiger partial charge >= 0.3 is 0 Å². The summed E-state index contributed by atoms with van der Waals surface area (Å²) in [6, 6.07) is 3.72. The highest BCUT2D eigenvalue weighted by Crippen LogP contribution is 2.43. The lowest BCUT2D eigenvalue weighted by Gasteiger charge is -1.98. The van der Waals surface area contributed by atoms with Gasteiger partial charge in [0.25, 0.3) is 0 Å². The third kappa shape index (κ3) is 2.24. The molecule has 1 aromatic heterocycles. The second kappa shape index (κ2) is 4.78. The number of carbonyl (C=O) groups excluding carboxylic acids is 1. The van der Waals surface area contributed by atoms with Crippen molar-refractivity contribution >= 4 is 35.4 Å². The Kier molecular flexibility index (Phi) is 3.16. The molecule has 1 aromatic rings. The molecule has 4 heteroatoms. The molecule has 0 radical (unpaired) electrons. The van der Waals surface area contributed by atoms with Crippen molar-refractivity contribution in [1.29, 1.82) is 0 Å². The van der Waals surface area contributed by atoms with Crippen molar-refractivity contribution in [3.05, 3.63) is 39.5 Å². The van der Waals surface area contributed by atoms with Gasteiger partial charge in [0.05, 0.1) is 6.26 Å². The third-order valence-corrected chi connectivity index (χ3v) is 5.66. The van der Waals surface area contributed by atoms with Crippen LogP contribution in [0.3, 0.4) is 0 Å². The highest BCUT2D eigenvalue weighted by Gasteiger charge is 2.28. The van der Waals surface area contributed by atoms with Crippen molar-refractivity contribution in [2.24, 2.45) is 0 Å². The minimum Gasteiger partial charge on any atom is -0.465 e. The minimum absolute atomic E-state index is 0.221. The molecule has 1 saturated heterocycles. The van der Waals surface area contributed by atoms with Crippen LogP contribution in [-0.4, -0.2) is 17.3 Å². The average Bonchev–Trinajstić information content (AvgIpc) is 3.03. The number of thioether (sulfide) groups is 2. The lowest BCUT2D eigenvalue weighted by Crippen LogP contribution is -1.96. The molecule has 1 saturated carbocycles. The molecule has 1 aliphatic heterocycles.